The predicted molar refractivity (Wildman–Crippen MR) is 46.3 cm³/mol. The van der Waals surface area contributed by atoms with E-state index in [1.165, 1.54) is 0 Å². The summed E-state index contributed by atoms with van der Waals surface area (Å²) in [5, 5.41) is 17.2. The van der Waals surface area contributed by atoms with Crippen LogP contribution in [0.1, 0.15) is 12.8 Å². The second-order valence-electron chi connectivity index (χ2n) is 3.09. The van der Waals surface area contributed by atoms with Crippen LogP contribution in [-0.2, 0) is 14.3 Å². The Kier molecular flexibility index (Phi) is 3.48. The Morgan fingerprint density at radius 2 is 2.13 bits per heavy atom. The molecule has 1 atom stereocenters. The zero-order valence-corrected chi connectivity index (χ0v) is 7.88. The number of hydrogen-bond donors (Lipinski definition) is 2. The van der Waals surface area contributed by atoms with Crippen molar-refractivity contribution >= 4 is 18.0 Å². The lowest BCUT2D eigenvalue weighted by atomic mass is 10.1. The van der Waals surface area contributed by atoms with Crippen LogP contribution in [0.2, 0.25) is 0 Å². The molecule has 1 saturated heterocycles. The quantitative estimate of drug-likeness (QED) is 0.658. The van der Waals surface area contributed by atoms with E-state index in [4.69, 9.17) is 10.2 Å². The lowest BCUT2D eigenvalue weighted by Gasteiger charge is -2.20. The first kappa shape index (κ1) is 11.3. The van der Waals surface area contributed by atoms with Crippen molar-refractivity contribution in [3.8, 4) is 0 Å². The van der Waals surface area contributed by atoms with Crippen LogP contribution in [0.25, 0.3) is 0 Å². The molecule has 7 nitrogen and oxygen atoms in total. The van der Waals surface area contributed by atoms with Gasteiger partial charge in [-0.3, -0.25) is 9.69 Å². The summed E-state index contributed by atoms with van der Waals surface area (Å²) in [6, 6.07) is -1.11. The van der Waals surface area contributed by atoms with Gasteiger partial charge in [0.25, 0.3) is 0 Å². The summed E-state index contributed by atoms with van der Waals surface area (Å²) in [6.45, 7) is 0.338. The highest BCUT2D eigenvalue weighted by Gasteiger charge is 2.34. The molecule has 1 fully saturated rings. The van der Waals surface area contributed by atoms with E-state index in [-0.39, 0.29) is 26.0 Å². The molecule has 0 aromatic carbocycles. The van der Waals surface area contributed by atoms with Gasteiger partial charge in [0, 0.05) is 6.42 Å². The Balaban J connectivity index is 2.61. The Bertz CT molecular complexity index is 289. The molecule has 0 spiro atoms. The summed E-state index contributed by atoms with van der Waals surface area (Å²) in [4.78, 5) is 33.2. The zero-order chi connectivity index (χ0) is 11.4. The van der Waals surface area contributed by atoms with Crippen LogP contribution < -0.4 is 0 Å². The van der Waals surface area contributed by atoms with E-state index in [0.717, 1.165) is 4.90 Å². The maximum atomic E-state index is 11.1. The molecule has 1 aliphatic heterocycles. The lowest BCUT2D eigenvalue weighted by Crippen LogP contribution is -2.42. The molecule has 1 amide bonds. The number of hydrogen-bond acceptors (Lipinski definition) is 4. The van der Waals surface area contributed by atoms with Crippen LogP contribution in [0.3, 0.4) is 0 Å². The van der Waals surface area contributed by atoms with Gasteiger partial charge in [-0.2, -0.15) is 0 Å². The van der Waals surface area contributed by atoms with E-state index >= 15 is 0 Å². The van der Waals surface area contributed by atoms with E-state index in [1.807, 2.05) is 0 Å². The highest BCUT2D eigenvalue weighted by molar-refractivity contribution is 5.81. The predicted octanol–water partition coefficient (Wildman–Crippen LogP) is -0.243. The number of cyclic esters (lactones) is 1. The van der Waals surface area contributed by atoms with Gasteiger partial charge in [-0.05, 0) is 6.42 Å². The van der Waals surface area contributed by atoms with Gasteiger partial charge >= 0.3 is 18.0 Å². The Labute approximate surface area is 85.2 Å². The van der Waals surface area contributed by atoms with Crippen molar-refractivity contribution in [1.29, 1.82) is 0 Å². The Morgan fingerprint density at radius 3 is 2.53 bits per heavy atom. The van der Waals surface area contributed by atoms with E-state index in [0.29, 0.717) is 0 Å². The summed E-state index contributed by atoms with van der Waals surface area (Å²) in [6.07, 6.45) is -1.10. The third-order valence-electron chi connectivity index (χ3n) is 2.09. The van der Waals surface area contributed by atoms with E-state index in [1.54, 1.807) is 0 Å². The number of carboxylic acids is 2. The van der Waals surface area contributed by atoms with E-state index in [9.17, 15) is 14.4 Å². The molecule has 0 radical (unpaired) electrons. The molecule has 84 valence electrons. The molecule has 1 unspecified atom stereocenters. The summed E-state index contributed by atoms with van der Waals surface area (Å²) in [7, 11) is 0. The zero-order valence-electron chi connectivity index (χ0n) is 7.88. The number of carbonyl (C=O) groups excluding carboxylic acids is 1. The number of carbonyl (C=O) groups is 3. The fourth-order valence-electron chi connectivity index (χ4n) is 1.36. The average molecular weight is 217 g/mol. The Hall–Kier alpha value is -1.79. The van der Waals surface area contributed by atoms with Gasteiger partial charge in [0.1, 0.15) is 12.6 Å². The standard InChI is InChI=1S/C8H11NO6/c10-6(11)2-1-5(7(12)13)9-3-4-15-8(9)14/h5H,1-4H2,(H,10,11)(H,12,13). The number of amides is 1. The van der Waals surface area contributed by atoms with Gasteiger partial charge in [-0.1, -0.05) is 0 Å². The molecule has 15 heavy (non-hydrogen) atoms. The SMILES string of the molecule is O=C(O)CCC(C(=O)O)N1CCOC1=O. The smallest absolute Gasteiger partial charge is 0.410 e. The summed E-state index contributed by atoms with van der Waals surface area (Å²) >= 11 is 0. The topological polar surface area (TPSA) is 104 Å². The Morgan fingerprint density at radius 1 is 1.47 bits per heavy atom. The van der Waals surface area contributed by atoms with Gasteiger partial charge < -0.3 is 14.9 Å². The minimum absolute atomic E-state index is 0.111. The summed E-state index contributed by atoms with van der Waals surface area (Å²) in [5.41, 5.74) is 0. The molecule has 1 aliphatic rings. The van der Waals surface area contributed by atoms with Gasteiger partial charge in [-0.15, -0.1) is 0 Å². The molecule has 0 bridgehead atoms. The van der Waals surface area contributed by atoms with Gasteiger partial charge in [0.15, 0.2) is 0 Å². The fourth-order valence-corrected chi connectivity index (χ4v) is 1.36. The largest absolute Gasteiger partial charge is 0.481 e. The van der Waals surface area contributed by atoms with Gasteiger partial charge in [-0.25, -0.2) is 9.59 Å². The van der Waals surface area contributed by atoms with Crippen molar-refractivity contribution in [2.24, 2.45) is 0 Å². The number of carboxylic acid groups (broad SMARTS) is 2. The second-order valence-corrected chi connectivity index (χ2v) is 3.09. The molecule has 0 saturated carbocycles. The number of nitrogens with zero attached hydrogens (tertiary/aromatic N) is 1. The minimum Gasteiger partial charge on any atom is -0.481 e. The highest BCUT2D eigenvalue weighted by Crippen LogP contribution is 2.13. The van der Waals surface area contributed by atoms with Crippen LogP contribution in [0, 0.1) is 0 Å². The first-order valence-electron chi connectivity index (χ1n) is 4.40. The monoisotopic (exact) mass is 217 g/mol. The van der Waals surface area contributed by atoms with Gasteiger partial charge in [0.2, 0.25) is 0 Å². The second kappa shape index (κ2) is 4.63. The summed E-state index contributed by atoms with van der Waals surface area (Å²) in [5.74, 6) is -2.30. The van der Waals surface area contributed by atoms with Crippen LogP contribution >= 0.6 is 0 Å². The van der Waals surface area contributed by atoms with E-state index in [2.05, 4.69) is 4.74 Å². The number of aliphatic carboxylic acids is 2. The molecule has 1 rings (SSSR count). The minimum atomic E-state index is -1.21. The number of rotatable bonds is 5. The van der Waals surface area contributed by atoms with E-state index < -0.39 is 24.1 Å². The first-order valence-corrected chi connectivity index (χ1v) is 4.40. The van der Waals surface area contributed by atoms with Crippen molar-refractivity contribution in [2.45, 2.75) is 18.9 Å². The van der Waals surface area contributed by atoms with Crippen molar-refractivity contribution in [3.63, 3.8) is 0 Å². The molecule has 0 aliphatic carbocycles. The van der Waals surface area contributed by atoms with Crippen molar-refractivity contribution < 1.29 is 29.3 Å². The fraction of sp³-hybridized carbons (Fsp3) is 0.625. The molecule has 1 heterocycles. The molecule has 2 N–H and O–H groups in total. The van der Waals surface area contributed by atoms with Crippen molar-refractivity contribution in [3.05, 3.63) is 0 Å². The molecular weight excluding hydrogens is 206 g/mol. The highest BCUT2D eigenvalue weighted by atomic mass is 16.6. The molecule has 0 aromatic heterocycles. The average Bonchev–Trinajstić information content (AvgIpc) is 2.51. The normalized spacial score (nSPS) is 17.3. The van der Waals surface area contributed by atoms with Crippen molar-refractivity contribution in [1.82, 2.24) is 4.90 Å². The van der Waals surface area contributed by atoms with Crippen LogP contribution in [0.15, 0.2) is 0 Å². The lowest BCUT2D eigenvalue weighted by molar-refractivity contribution is -0.143. The number of ether oxygens (including phenoxy) is 1. The van der Waals surface area contributed by atoms with Crippen LogP contribution in [0.5, 0.6) is 0 Å². The first-order chi connectivity index (χ1) is 7.02. The third-order valence-corrected chi connectivity index (χ3v) is 2.09. The molecular formula is C8H11NO6. The molecule has 7 heteroatoms. The van der Waals surface area contributed by atoms with Gasteiger partial charge in [0.05, 0.1) is 6.54 Å². The van der Waals surface area contributed by atoms with Crippen LogP contribution in [-0.4, -0.2) is 52.3 Å². The molecule has 0 aromatic rings. The maximum absolute atomic E-state index is 11.1. The van der Waals surface area contributed by atoms with Crippen molar-refractivity contribution in [2.75, 3.05) is 13.2 Å². The van der Waals surface area contributed by atoms with Crippen LogP contribution in [0.4, 0.5) is 4.79 Å². The summed E-state index contributed by atoms with van der Waals surface area (Å²) < 4.78 is 4.58. The third kappa shape index (κ3) is 2.83. The maximum Gasteiger partial charge on any atom is 0.410 e.